The highest BCUT2D eigenvalue weighted by Gasteiger charge is 2.07. The molecule has 0 aromatic rings. The molecule has 0 saturated heterocycles. The van der Waals surface area contributed by atoms with E-state index in [2.05, 4.69) is 11.6 Å². The third kappa shape index (κ3) is 2.31. The van der Waals surface area contributed by atoms with Gasteiger partial charge in [-0.05, 0) is 18.4 Å². The molecule has 1 aliphatic heterocycles. The fraction of sp³-hybridized carbons (Fsp3) is 0.444. The fourth-order valence-electron chi connectivity index (χ4n) is 1.04. The Balaban J connectivity index is 2.51. The van der Waals surface area contributed by atoms with E-state index in [0.29, 0.717) is 6.42 Å². The second-order valence-electron chi connectivity index (χ2n) is 2.57. The molecule has 1 unspecified atom stereocenters. The minimum Gasteiger partial charge on any atom is -0.388 e. The molecule has 1 atom stereocenters. The molecule has 0 aromatic heterocycles. The van der Waals surface area contributed by atoms with Crippen LogP contribution in [-0.4, -0.2) is 24.0 Å². The predicted octanol–water partition coefficient (Wildman–Crippen LogP) is 1.32. The summed E-state index contributed by atoms with van der Waals surface area (Å²) in [6.45, 7) is 4.42. The molecule has 2 nitrogen and oxygen atoms in total. The van der Waals surface area contributed by atoms with Crippen molar-refractivity contribution < 1.29 is 5.11 Å². The molecule has 0 bridgehead atoms. The largest absolute Gasteiger partial charge is 0.388 e. The molecule has 0 fully saturated rings. The maximum Gasteiger partial charge on any atom is 0.0835 e. The first-order valence-corrected chi connectivity index (χ1v) is 3.83. The molecule has 0 spiro atoms. The molecule has 0 aromatic carbocycles. The summed E-state index contributed by atoms with van der Waals surface area (Å²) in [7, 11) is 0. The van der Waals surface area contributed by atoms with Crippen molar-refractivity contribution in [2.75, 3.05) is 6.54 Å². The Hall–Kier alpha value is -0.890. The molecule has 0 aliphatic carbocycles. The summed E-state index contributed by atoms with van der Waals surface area (Å²) in [5.74, 6) is 0. The number of dihydropyridines is 1. The topological polar surface area (TPSA) is 32.6 Å². The summed E-state index contributed by atoms with van der Waals surface area (Å²) in [6, 6.07) is 0. The van der Waals surface area contributed by atoms with Crippen LogP contribution in [0.1, 0.15) is 12.8 Å². The second kappa shape index (κ2) is 4.09. The van der Waals surface area contributed by atoms with Gasteiger partial charge in [-0.2, -0.15) is 0 Å². The zero-order valence-electron chi connectivity index (χ0n) is 6.53. The number of hydrogen-bond acceptors (Lipinski definition) is 2. The lowest BCUT2D eigenvalue weighted by Crippen LogP contribution is -2.12. The van der Waals surface area contributed by atoms with Gasteiger partial charge in [0.25, 0.3) is 0 Å². The molecule has 1 rings (SSSR count). The Morgan fingerprint density at radius 2 is 2.64 bits per heavy atom. The van der Waals surface area contributed by atoms with Crippen LogP contribution in [0, 0.1) is 0 Å². The summed E-state index contributed by atoms with van der Waals surface area (Å²) < 4.78 is 0. The third-order valence-corrected chi connectivity index (χ3v) is 1.65. The Morgan fingerprint density at radius 1 is 1.82 bits per heavy atom. The number of aliphatic imine (C=N–C) groups is 1. The first-order valence-electron chi connectivity index (χ1n) is 3.83. The maximum absolute atomic E-state index is 9.44. The Morgan fingerprint density at radius 3 is 3.18 bits per heavy atom. The van der Waals surface area contributed by atoms with Gasteiger partial charge in [-0.1, -0.05) is 12.2 Å². The normalized spacial score (nSPS) is 19.2. The summed E-state index contributed by atoms with van der Waals surface area (Å²) in [6.07, 6.45) is 6.64. The van der Waals surface area contributed by atoms with Gasteiger partial charge in [0.05, 0.1) is 6.10 Å². The molecule has 0 saturated carbocycles. The smallest absolute Gasteiger partial charge is 0.0835 e. The SMILES string of the molecule is C=CCC(O)C1=CCCN=C1. The van der Waals surface area contributed by atoms with E-state index in [1.807, 2.05) is 6.08 Å². The Labute approximate surface area is 67.0 Å². The van der Waals surface area contributed by atoms with Crippen LogP contribution in [0.15, 0.2) is 29.3 Å². The Bertz CT molecular complexity index is 194. The lowest BCUT2D eigenvalue weighted by molar-refractivity contribution is 0.220. The van der Waals surface area contributed by atoms with Crippen LogP contribution in [0.2, 0.25) is 0 Å². The minimum atomic E-state index is -0.406. The van der Waals surface area contributed by atoms with Gasteiger partial charge in [-0.3, -0.25) is 4.99 Å². The highest BCUT2D eigenvalue weighted by atomic mass is 16.3. The molecular weight excluding hydrogens is 138 g/mol. The van der Waals surface area contributed by atoms with Gasteiger partial charge in [0.2, 0.25) is 0 Å². The number of aliphatic hydroxyl groups is 1. The van der Waals surface area contributed by atoms with Crippen LogP contribution in [-0.2, 0) is 0 Å². The summed E-state index contributed by atoms with van der Waals surface area (Å²) in [5.41, 5.74) is 0.927. The van der Waals surface area contributed by atoms with E-state index in [-0.39, 0.29) is 0 Å². The maximum atomic E-state index is 9.44. The zero-order valence-corrected chi connectivity index (χ0v) is 6.53. The summed E-state index contributed by atoms with van der Waals surface area (Å²) in [4.78, 5) is 4.07. The lowest BCUT2D eigenvalue weighted by atomic mass is 10.1. The molecule has 60 valence electrons. The number of rotatable bonds is 3. The summed E-state index contributed by atoms with van der Waals surface area (Å²) >= 11 is 0. The van der Waals surface area contributed by atoms with Crippen molar-refractivity contribution in [1.29, 1.82) is 0 Å². The average Bonchev–Trinajstić information content (AvgIpc) is 2.07. The molecule has 1 aliphatic rings. The van der Waals surface area contributed by atoms with Crippen molar-refractivity contribution >= 4 is 6.21 Å². The highest BCUT2D eigenvalue weighted by Crippen LogP contribution is 2.09. The van der Waals surface area contributed by atoms with Gasteiger partial charge in [0.1, 0.15) is 0 Å². The molecule has 0 radical (unpaired) electrons. The van der Waals surface area contributed by atoms with Gasteiger partial charge in [-0.25, -0.2) is 0 Å². The molecule has 2 heteroatoms. The molecule has 1 heterocycles. The highest BCUT2D eigenvalue weighted by molar-refractivity contribution is 5.80. The van der Waals surface area contributed by atoms with Crippen LogP contribution >= 0.6 is 0 Å². The van der Waals surface area contributed by atoms with Gasteiger partial charge < -0.3 is 5.11 Å². The first-order chi connectivity index (χ1) is 5.34. The van der Waals surface area contributed by atoms with E-state index >= 15 is 0 Å². The number of hydrogen-bond donors (Lipinski definition) is 1. The fourth-order valence-corrected chi connectivity index (χ4v) is 1.04. The van der Waals surface area contributed by atoms with Crippen LogP contribution in [0.3, 0.4) is 0 Å². The van der Waals surface area contributed by atoms with Gasteiger partial charge in [0.15, 0.2) is 0 Å². The zero-order chi connectivity index (χ0) is 8.10. The number of nitrogens with zero attached hydrogens (tertiary/aromatic N) is 1. The monoisotopic (exact) mass is 151 g/mol. The van der Waals surface area contributed by atoms with Crippen molar-refractivity contribution in [3.8, 4) is 0 Å². The van der Waals surface area contributed by atoms with Crippen molar-refractivity contribution in [3.05, 3.63) is 24.3 Å². The van der Waals surface area contributed by atoms with Crippen molar-refractivity contribution in [1.82, 2.24) is 0 Å². The van der Waals surface area contributed by atoms with Crippen LogP contribution in [0.5, 0.6) is 0 Å². The molecular formula is C9H13NO. The molecule has 11 heavy (non-hydrogen) atoms. The van der Waals surface area contributed by atoms with E-state index in [9.17, 15) is 5.11 Å². The van der Waals surface area contributed by atoms with E-state index in [4.69, 9.17) is 0 Å². The van der Waals surface area contributed by atoms with Crippen LogP contribution in [0.25, 0.3) is 0 Å². The quantitative estimate of drug-likeness (QED) is 0.606. The van der Waals surface area contributed by atoms with Gasteiger partial charge in [-0.15, -0.1) is 6.58 Å². The second-order valence-corrected chi connectivity index (χ2v) is 2.57. The number of aliphatic hydroxyl groups excluding tert-OH is 1. The van der Waals surface area contributed by atoms with E-state index in [1.165, 1.54) is 0 Å². The predicted molar refractivity (Wildman–Crippen MR) is 46.9 cm³/mol. The van der Waals surface area contributed by atoms with Crippen molar-refractivity contribution in [2.45, 2.75) is 18.9 Å². The summed E-state index contributed by atoms with van der Waals surface area (Å²) in [5, 5.41) is 9.44. The van der Waals surface area contributed by atoms with Crippen molar-refractivity contribution in [2.24, 2.45) is 4.99 Å². The van der Waals surface area contributed by atoms with E-state index in [1.54, 1.807) is 12.3 Å². The van der Waals surface area contributed by atoms with E-state index < -0.39 is 6.10 Å². The van der Waals surface area contributed by atoms with Gasteiger partial charge >= 0.3 is 0 Å². The van der Waals surface area contributed by atoms with E-state index in [0.717, 1.165) is 18.5 Å². The minimum absolute atomic E-state index is 0.406. The first kappa shape index (κ1) is 8.21. The standard InChI is InChI=1S/C9H13NO/c1-2-4-9(11)8-5-3-6-10-7-8/h2,5,7,9,11H,1,3-4,6H2. The van der Waals surface area contributed by atoms with Crippen LogP contribution < -0.4 is 0 Å². The lowest BCUT2D eigenvalue weighted by Gasteiger charge is -2.11. The third-order valence-electron chi connectivity index (χ3n) is 1.65. The average molecular weight is 151 g/mol. The van der Waals surface area contributed by atoms with Gasteiger partial charge in [0, 0.05) is 12.8 Å². The van der Waals surface area contributed by atoms with Crippen molar-refractivity contribution in [3.63, 3.8) is 0 Å². The molecule has 0 amide bonds. The Kier molecular flexibility index (Phi) is 3.05. The van der Waals surface area contributed by atoms with Crippen LogP contribution in [0.4, 0.5) is 0 Å². The molecule has 1 N–H and O–H groups in total.